The van der Waals surface area contributed by atoms with Crippen LogP contribution in [0.2, 0.25) is 5.02 Å². The third-order valence-corrected chi connectivity index (χ3v) is 4.88. The third kappa shape index (κ3) is 3.30. The molecule has 0 atom stereocenters. The lowest BCUT2D eigenvalue weighted by molar-refractivity contribution is -0.130. The molecule has 128 valence electrons. The zero-order valence-electron chi connectivity index (χ0n) is 13.7. The summed E-state index contributed by atoms with van der Waals surface area (Å²) in [5.41, 5.74) is 7.35. The Hall–Kier alpha value is -1.92. The van der Waals surface area contributed by atoms with Crippen molar-refractivity contribution in [3.05, 3.63) is 34.7 Å². The first-order valence-corrected chi connectivity index (χ1v) is 8.61. The van der Waals surface area contributed by atoms with E-state index in [0.29, 0.717) is 24.8 Å². The Balaban J connectivity index is 1.75. The lowest BCUT2D eigenvalue weighted by atomic mass is 9.96. The van der Waals surface area contributed by atoms with Gasteiger partial charge in [0.25, 0.3) is 0 Å². The van der Waals surface area contributed by atoms with Crippen LogP contribution in [-0.4, -0.2) is 40.6 Å². The van der Waals surface area contributed by atoms with E-state index in [9.17, 15) is 4.79 Å². The zero-order chi connectivity index (χ0) is 17.1. The van der Waals surface area contributed by atoms with Gasteiger partial charge in [0.2, 0.25) is 17.6 Å². The number of nitrogens with zero attached hydrogens (tertiary/aromatic N) is 3. The molecule has 1 aliphatic rings. The van der Waals surface area contributed by atoms with E-state index in [0.717, 1.165) is 35.4 Å². The molecule has 1 aliphatic heterocycles. The van der Waals surface area contributed by atoms with Crippen molar-refractivity contribution >= 4 is 17.5 Å². The number of halogens is 1. The van der Waals surface area contributed by atoms with Crippen LogP contribution in [0.15, 0.2) is 22.7 Å². The molecule has 0 saturated carbocycles. The van der Waals surface area contributed by atoms with Gasteiger partial charge in [0.1, 0.15) is 0 Å². The predicted octanol–water partition coefficient (Wildman–Crippen LogP) is 2.62. The Morgan fingerprint density at radius 2 is 2.17 bits per heavy atom. The third-order valence-electron chi connectivity index (χ3n) is 4.53. The smallest absolute Gasteiger partial charge is 0.236 e. The van der Waals surface area contributed by atoms with Crippen LogP contribution in [0.3, 0.4) is 0 Å². The summed E-state index contributed by atoms with van der Waals surface area (Å²) in [6, 6.07) is 5.72. The van der Waals surface area contributed by atoms with Gasteiger partial charge in [-0.25, -0.2) is 0 Å². The lowest BCUT2D eigenvalue weighted by Crippen LogP contribution is -2.41. The van der Waals surface area contributed by atoms with Crippen LogP contribution in [0, 0.1) is 0 Å². The summed E-state index contributed by atoms with van der Waals surface area (Å²) in [7, 11) is 0. The Kier molecular flexibility index (Phi) is 5.16. The summed E-state index contributed by atoms with van der Waals surface area (Å²) < 4.78 is 5.49. The quantitative estimate of drug-likeness (QED) is 0.917. The topological polar surface area (TPSA) is 85.2 Å². The highest BCUT2D eigenvalue weighted by molar-refractivity contribution is 6.31. The molecule has 2 N–H and O–H groups in total. The van der Waals surface area contributed by atoms with E-state index in [-0.39, 0.29) is 18.4 Å². The summed E-state index contributed by atoms with van der Waals surface area (Å²) in [4.78, 5) is 18.0. The standard InChI is InChI=1S/C17H21ClN4O2/c1-2-12-13(4-3-5-14(12)18)16-20-17(24-21-16)11-6-8-22(9-7-11)15(23)10-19/h3-5,11H,2,6-10,19H2,1H3. The molecule has 0 unspecified atom stereocenters. The number of carbonyl (C=O) groups is 1. The van der Waals surface area contributed by atoms with Crippen molar-refractivity contribution < 1.29 is 9.32 Å². The fourth-order valence-electron chi connectivity index (χ4n) is 3.14. The van der Waals surface area contributed by atoms with Crippen molar-refractivity contribution in [2.45, 2.75) is 32.1 Å². The first-order chi connectivity index (χ1) is 11.6. The average molecular weight is 349 g/mol. The summed E-state index contributed by atoms with van der Waals surface area (Å²) in [5.74, 6) is 1.38. The summed E-state index contributed by atoms with van der Waals surface area (Å²) in [6.07, 6.45) is 2.42. The molecule has 2 heterocycles. The molecule has 1 amide bonds. The molecule has 0 radical (unpaired) electrons. The van der Waals surface area contributed by atoms with E-state index in [2.05, 4.69) is 17.1 Å². The number of rotatable bonds is 4. The molecule has 6 nitrogen and oxygen atoms in total. The van der Waals surface area contributed by atoms with Crippen LogP contribution in [0.4, 0.5) is 0 Å². The highest BCUT2D eigenvalue weighted by Crippen LogP contribution is 2.31. The maximum Gasteiger partial charge on any atom is 0.236 e. The maximum atomic E-state index is 11.6. The van der Waals surface area contributed by atoms with Crippen molar-refractivity contribution in [3.8, 4) is 11.4 Å². The molecule has 7 heteroatoms. The Bertz CT molecular complexity index is 723. The first kappa shape index (κ1) is 16.9. The number of hydrogen-bond acceptors (Lipinski definition) is 5. The van der Waals surface area contributed by atoms with Gasteiger partial charge in [-0.2, -0.15) is 4.98 Å². The largest absolute Gasteiger partial charge is 0.342 e. The van der Waals surface area contributed by atoms with E-state index in [4.69, 9.17) is 21.9 Å². The number of benzene rings is 1. The van der Waals surface area contributed by atoms with Gasteiger partial charge in [0.05, 0.1) is 6.54 Å². The van der Waals surface area contributed by atoms with Gasteiger partial charge in [0, 0.05) is 29.6 Å². The van der Waals surface area contributed by atoms with Crippen LogP contribution in [0.25, 0.3) is 11.4 Å². The summed E-state index contributed by atoms with van der Waals surface area (Å²) >= 11 is 6.26. The van der Waals surface area contributed by atoms with Gasteiger partial charge in [-0.15, -0.1) is 0 Å². The Morgan fingerprint density at radius 1 is 1.42 bits per heavy atom. The number of amides is 1. The molecule has 1 saturated heterocycles. The molecule has 1 aromatic carbocycles. The van der Waals surface area contributed by atoms with Gasteiger partial charge >= 0.3 is 0 Å². The van der Waals surface area contributed by atoms with Crippen molar-refractivity contribution in [1.82, 2.24) is 15.0 Å². The molecule has 0 aliphatic carbocycles. The SMILES string of the molecule is CCc1c(Cl)cccc1-c1noc(C2CCN(C(=O)CN)CC2)n1. The zero-order valence-corrected chi connectivity index (χ0v) is 14.4. The molecule has 1 aromatic heterocycles. The molecule has 24 heavy (non-hydrogen) atoms. The van der Waals surface area contributed by atoms with Crippen molar-refractivity contribution in [1.29, 1.82) is 0 Å². The minimum atomic E-state index is -0.00816. The van der Waals surface area contributed by atoms with Crippen molar-refractivity contribution in [2.75, 3.05) is 19.6 Å². The van der Waals surface area contributed by atoms with Crippen LogP contribution in [-0.2, 0) is 11.2 Å². The van der Waals surface area contributed by atoms with E-state index in [1.165, 1.54) is 0 Å². The molecule has 0 bridgehead atoms. The summed E-state index contributed by atoms with van der Waals surface area (Å²) in [5, 5.41) is 4.85. The van der Waals surface area contributed by atoms with Crippen LogP contribution >= 0.6 is 11.6 Å². The number of carbonyl (C=O) groups excluding carboxylic acids is 1. The van der Waals surface area contributed by atoms with Crippen LogP contribution in [0.5, 0.6) is 0 Å². The number of hydrogen-bond donors (Lipinski definition) is 1. The summed E-state index contributed by atoms with van der Waals surface area (Å²) in [6.45, 7) is 3.46. The van der Waals surface area contributed by atoms with E-state index in [1.54, 1.807) is 4.90 Å². The second-order valence-electron chi connectivity index (χ2n) is 5.93. The lowest BCUT2D eigenvalue weighted by Gasteiger charge is -2.30. The normalized spacial score (nSPS) is 15.7. The molecular formula is C17H21ClN4O2. The second kappa shape index (κ2) is 7.32. The average Bonchev–Trinajstić information content (AvgIpc) is 3.11. The Labute approximate surface area is 146 Å². The van der Waals surface area contributed by atoms with Crippen LogP contribution < -0.4 is 5.73 Å². The van der Waals surface area contributed by atoms with Gasteiger partial charge < -0.3 is 15.2 Å². The molecule has 1 fully saturated rings. The fraction of sp³-hybridized carbons (Fsp3) is 0.471. The number of nitrogens with two attached hydrogens (primary N) is 1. The molecule has 3 rings (SSSR count). The number of likely N-dealkylation sites (tertiary alicyclic amines) is 1. The Morgan fingerprint density at radius 3 is 2.83 bits per heavy atom. The predicted molar refractivity (Wildman–Crippen MR) is 91.7 cm³/mol. The van der Waals surface area contributed by atoms with Gasteiger partial charge in [0.15, 0.2) is 0 Å². The fourth-order valence-corrected chi connectivity index (χ4v) is 3.45. The first-order valence-electron chi connectivity index (χ1n) is 8.23. The maximum absolute atomic E-state index is 11.6. The van der Waals surface area contributed by atoms with Gasteiger partial charge in [-0.05, 0) is 30.9 Å². The van der Waals surface area contributed by atoms with Crippen molar-refractivity contribution in [2.24, 2.45) is 5.73 Å². The second-order valence-corrected chi connectivity index (χ2v) is 6.34. The monoisotopic (exact) mass is 348 g/mol. The molecule has 2 aromatic rings. The van der Waals surface area contributed by atoms with E-state index >= 15 is 0 Å². The molecular weight excluding hydrogens is 328 g/mol. The highest BCUT2D eigenvalue weighted by atomic mass is 35.5. The van der Waals surface area contributed by atoms with Gasteiger partial charge in [-0.1, -0.05) is 35.8 Å². The van der Waals surface area contributed by atoms with E-state index in [1.807, 2.05) is 18.2 Å². The minimum Gasteiger partial charge on any atom is -0.342 e. The number of piperidine rings is 1. The highest BCUT2D eigenvalue weighted by Gasteiger charge is 2.27. The van der Waals surface area contributed by atoms with E-state index < -0.39 is 0 Å². The van der Waals surface area contributed by atoms with Crippen LogP contribution in [0.1, 0.15) is 37.1 Å². The van der Waals surface area contributed by atoms with Gasteiger partial charge in [-0.3, -0.25) is 4.79 Å². The number of aromatic nitrogens is 2. The molecule has 0 spiro atoms. The van der Waals surface area contributed by atoms with Crippen molar-refractivity contribution in [3.63, 3.8) is 0 Å². The minimum absolute atomic E-state index is 0.00816.